The summed E-state index contributed by atoms with van der Waals surface area (Å²) in [5, 5.41) is 5.74. The molecule has 0 unspecified atom stereocenters. The number of aromatic nitrogens is 3. The van der Waals surface area contributed by atoms with Crippen molar-refractivity contribution in [2.75, 3.05) is 0 Å². The molecule has 5 rings (SSSR count). The van der Waals surface area contributed by atoms with E-state index in [4.69, 9.17) is 26.8 Å². The summed E-state index contributed by atoms with van der Waals surface area (Å²) < 4.78 is 5.56. The smallest absolute Gasteiger partial charge is 0.258 e. The summed E-state index contributed by atoms with van der Waals surface area (Å²) in [6, 6.07) is 7.78. The molecule has 2 saturated carbocycles. The van der Waals surface area contributed by atoms with Crippen LogP contribution in [0.1, 0.15) is 49.5 Å². The molecular formula is C18H17ClN4O. The SMILES string of the molecule is NC1(c2noc(-c3cc(C4CC4)nc4ccc(Cl)cc34)n2)CCC1. The minimum Gasteiger partial charge on any atom is -0.334 e. The molecule has 2 heterocycles. The number of benzene rings is 1. The maximum atomic E-state index is 6.32. The molecule has 24 heavy (non-hydrogen) atoms. The molecule has 0 spiro atoms. The fraction of sp³-hybridized carbons (Fsp3) is 0.389. The lowest BCUT2D eigenvalue weighted by molar-refractivity contribution is 0.229. The van der Waals surface area contributed by atoms with Gasteiger partial charge in [0, 0.05) is 22.0 Å². The van der Waals surface area contributed by atoms with Crippen molar-refractivity contribution in [2.24, 2.45) is 5.73 Å². The van der Waals surface area contributed by atoms with E-state index in [1.165, 1.54) is 12.8 Å². The van der Waals surface area contributed by atoms with Gasteiger partial charge in [0.1, 0.15) is 0 Å². The monoisotopic (exact) mass is 340 g/mol. The van der Waals surface area contributed by atoms with Gasteiger partial charge in [0.25, 0.3) is 5.89 Å². The molecular weight excluding hydrogens is 324 g/mol. The minimum atomic E-state index is -0.429. The van der Waals surface area contributed by atoms with Gasteiger partial charge in [0.15, 0.2) is 5.82 Å². The van der Waals surface area contributed by atoms with Crippen LogP contribution in [0.2, 0.25) is 5.02 Å². The Labute approximate surface area is 144 Å². The summed E-state index contributed by atoms with van der Waals surface area (Å²) in [7, 11) is 0. The van der Waals surface area contributed by atoms with Crippen LogP contribution >= 0.6 is 11.6 Å². The van der Waals surface area contributed by atoms with Gasteiger partial charge >= 0.3 is 0 Å². The Balaban J connectivity index is 1.68. The van der Waals surface area contributed by atoms with Gasteiger partial charge in [-0.05, 0) is 56.4 Å². The summed E-state index contributed by atoms with van der Waals surface area (Å²) in [5.74, 6) is 1.64. The first kappa shape index (κ1) is 14.4. The molecule has 0 aliphatic heterocycles. The summed E-state index contributed by atoms with van der Waals surface area (Å²) in [4.78, 5) is 9.38. The first-order valence-corrected chi connectivity index (χ1v) is 8.74. The molecule has 2 aliphatic carbocycles. The van der Waals surface area contributed by atoms with E-state index in [1.807, 2.05) is 18.2 Å². The van der Waals surface area contributed by atoms with Gasteiger partial charge in [-0.1, -0.05) is 16.8 Å². The molecule has 0 radical (unpaired) electrons. The molecule has 2 fully saturated rings. The fourth-order valence-corrected chi connectivity index (χ4v) is 3.47. The molecule has 1 aromatic carbocycles. The Bertz CT molecular complexity index is 943. The van der Waals surface area contributed by atoms with Crippen molar-refractivity contribution in [1.82, 2.24) is 15.1 Å². The van der Waals surface area contributed by atoms with Gasteiger partial charge in [-0.15, -0.1) is 0 Å². The number of hydrogen-bond donors (Lipinski definition) is 1. The van der Waals surface area contributed by atoms with Crippen LogP contribution in [-0.2, 0) is 5.54 Å². The Morgan fingerprint density at radius 3 is 2.71 bits per heavy atom. The lowest BCUT2D eigenvalue weighted by Crippen LogP contribution is -2.44. The molecule has 0 bridgehead atoms. The van der Waals surface area contributed by atoms with Crippen LogP contribution in [0.4, 0.5) is 0 Å². The van der Waals surface area contributed by atoms with Crippen molar-refractivity contribution >= 4 is 22.5 Å². The Kier molecular flexibility index (Phi) is 3.00. The van der Waals surface area contributed by atoms with Crippen LogP contribution < -0.4 is 5.73 Å². The van der Waals surface area contributed by atoms with E-state index < -0.39 is 5.54 Å². The number of rotatable bonds is 3. The second kappa shape index (κ2) is 5.01. The van der Waals surface area contributed by atoms with Gasteiger partial charge in [0.05, 0.1) is 16.6 Å². The lowest BCUT2D eigenvalue weighted by atomic mass is 9.77. The number of hydrogen-bond acceptors (Lipinski definition) is 5. The quantitative estimate of drug-likeness (QED) is 0.774. The average Bonchev–Trinajstić information content (AvgIpc) is 3.29. The molecule has 6 heteroatoms. The van der Waals surface area contributed by atoms with E-state index in [9.17, 15) is 0 Å². The molecule has 0 atom stereocenters. The zero-order chi connectivity index (χ0) is 16.3. The van der Waals surface area contributed by atoms with Gasteiger partial charge in [-0.3, -0.25) is 4.98 Å². The van der Waals surface area contributed by atoms with E-state index in [0.717, 1.165) is 41.4 Å². The number of fused-ring (bicyclic) bond motifs is 1. The largest absolute Gasteiger partial charge is 0.334 e. The number of halogens is 1. The molecule has 5 nitrogen and oxygen atoms in total. The Morgan fingerprint density at radius 1 is 1.17 bits per heavy atom. The third-order valence-electron chi connectivity index (χ3n) is 5.13. The van der Waals surface area contributed by atoms with Crippen LogP contribution in [0.15, 0.2) is 28.8 Å². The van der Waals surface area contributed by atoms with Crippen molar-refractivity contribution in [3.8, 4) is 11.5 Å². The third kappa shape index (κ3) is 2.23. The predicted octanol–water partition coefficient (Wildman–Crippen LogP) is 4.15. The molecule has 0 saturated heterocycles. The summed E-state index contributed by atoms with van der Waals surface area (Å²) in [6.07, 6.45) is 5.30. The Morgan fingerprint density at radius 2 is 2.00 bits per heavy atom. The maximum Gasteiger partial charge on any atom is 0.258 e. The van der Waals surface area contributed by atoms with Crippen molar-refractivity contribution in [3.05, 3.63) is 40.8 Å². The van der Waals surface area contributed by atoms with Gasteiger partial charge in [-0.25, -0.2) is 0 Å². The number of nitrogens with two attached hydrogens (primary N) is 1. The van der Waals surface area contributed by atoms with Crippen molar-refractivity contribution in [1.29, 1.82) is 0 Å². The Hall–Kier alpha value is -1.98. The highest BCUT2D eigenvalue weighted by Gasteiger charge is 2.39. The molecule has 0 amide bonds. The number of nitrogens with zero attached hydrogens (tertiary/aromatic N) is 3. The van der Waals surface area contributed by atoms with E-state index >= 15 is 0 Å². The van der Waals surface area contributed by atoms with E-state index in [-0.39, 0.29) is 0 Å². The average molecular weight is 341 g/mol. The van der Waals surface area contributed by atoms with Gasteiger partial charge in [-0.2, -0.15) is 4.98 Å². The summed E-state index contributed by atoms with van der Waals surface area (Å²) in [6.45, 7) is 0. The highest BCUT2D eigenvalue weighted by Crippen LogP contribution is 2.42. The highest BCUT2D eigenvalue weighted by atomic mass is 35.5. The summed E-state index contributed by atoms with van der Waals surface area (Å²) in [5.41, 5.74) is 8.78. The van der Waals surface area contributed by atoms with Crippen LogP contribution in [0.25, 0.3) is 22.4 Å². The highest BCUT2D eigenvalue weighted by molar-refractivity contribution is 6.31. The molecule has 122 valence electrons. The second-order valence-corrected chi connectivity index (χ2v) is 7.40. The zero-order valence-corrected chi connectivity index (χ0v) is 13.9. The molecule has 2 N–H and O–H groups in total. The molecule has 2 aliphatic rings. The topological polar surface area (TPSA) is 77.8 Å². The van der Waals surface area contributed by atoms with Crippen molar-refractivity contribution < 1.29 is 4.52 Å². The first-order valence-electron chi connectivity index (χ1n) is 8.36. The second-order valence-electron chi connectivity index (χ2n) is 6.96. The molecule has 2 aromatic heterocycles. The minimum absolute atomic E-state index is 0.429. The van der Waals surface area contributed by atoms with E-state index in [2.05, 4.69) is 16.2 Å². The fourth-order valence-electron chi connectivity index (χ4n) is 3.30. The predicted molar refractivity (Wildman–Crippen MR) is 91.7 cm³/mol. The van der Waals surface area contributed by atoms with E-state index in [1.54, 1.807) is 0 Å². The zero-order valence-electron chi connectivity index (χ0n) is 13.1. The van der Waals surface area contributed by atoms with Crippen LogP contribution in [0.5, 0.6) is 0 Å². The lowest BCUT2D eigenvalue weighted by Gasteiger charge is -2.34. The van der Waals surface area contributed by atoms with Crippen molar-refractivity contribution in [2.45, 2.75) is 43.6 Å². The normalized spacial score (nSPS) is 19.4. The van der Waals surface area contributed by atoms with Gasteiger partial charge < -0.3 is 10.3 Å². The van der Waals surface area contributed by atoms with Crippen LogP contribution in [-0.4, -0.2) is 15.1 Å². The first-order chi connectivity index (χ1) is 11.6. The standard InChI is InChI=1S/C18H17ClN4O/c19-11-4-5-14-12(8-11)13(9-15(21-14)10-2-3-10)16-22-17(23-24-16)18(20)6-1-7-18/h4-5,8-10H,1-3,6-7,20H2. The molecule has 3 aromatic rings. The van der Waals surface area contributed by atoms with Gasteiger partial charge in [0.2, 0.25) is 0 Å². The summed E-state index contributed by atoms with van der Waals surface area (Å²) >= 11 is 6.19. The van der Waals surface area contributed by atoms with Crippen LogP contribution in [0, 0.1) is 0 Å². The van der Waals surface area contributed by atoms with Crippen molar-refractivity contribution in [3.63, 3.8) is 0 Å². The van der Waals surface area contributed by atoms with E-state index in [0.29, 0.717) is 22.7 Å². The number of pyridine rings is 1. The van der Waals surface area contributed by atoms with Crippen LogP contribution in [0.3, 0.4) is 0 Å². The third-order valence-corrected chi connectivity index (χ3v) is 5.37. The maximum absolute atomic E-state index is 6.32.